The molecule has 0 bridgehead atoms. The van der Waals surface area contributed by atoms with E-state index in [-0.39, 0.29) is 12.3 Å². The Balaban J connectivity index is 2.49. The topological polar surface area (TPSA) is 84.8 Å². The van der Waals surface area contributed by atoms with Crippen LogP contribution in [-0.4, -0.2) is 36.8 Å². The summed E-state index contributed by atoms with van der Waals surface area (Å²) < 4.78 is 29.8. The molecule has 0 aromatic heterocycles. The highest BCUT2D eigenvalue weighted by molar-refractivity contribution is 7.93. The van der Waals surface area contributed by atoms with E-state index >= 15 is 0 Å². The van der Waals surface area contributed by atoms with Crippen LogP contribution in [-0.2, 0) is 19.4 Å². The Labute approximate surface area is 136 Å². The van der Waals surface area contributed by atoms with Gasteiger partial charge in [-0.3, -0.25) is 5.43 Å². The standard InChI is InChI=1S/C16H22N2O4S/c1-5-22-15(19)13-12(11-9-7-6-8-10-11)14(18-17-13)23(20,21)16(2,3)4/h6-10,12,14,18H,5H2,1-4H3/t12-,14-/m0/s1. The van der Waals surface area contributed by atoms with Gasteiger partial charge in [0.2, 0.25) is 0 Å². The Bertz CT molecular complexity index is 705. The van der Waals surface area contributed by atoms with Crippen molar-refractivity contribution >= 4 is 21.5 Å². The molecule has 2 atom stereocenters. The Morgan fingerprint density at radius 3 is 2.39 bits per heavy atom. The van der Waals surface area contributed by atoms with Gasteiger partial charge in [-0.05, 0) is 33.3 Å². The van der Waals surface area contributed by atoms with Crippen LogP contribution in [0.1, 0.15) is 39.2 Å². The van der Waals surface area contributed by atoms with E-state index in [1.54, 1.807) is 52.0 Å². The summed E-state index contributed by atoms with van der Waals surface area (Å²) in [6.45, 7) is 6.80. The van der Waals surface area contributed by atoms with Crippen LogP contribution in [0.4, 0.5) is 0 Å². The predicted molar refractivity (Wildman–Crippen MR) is 88.8 cm³/mol. The number of hydrogen-bond donors (Lipinski definition) is 1. The van der Waals surface area contributed by atoms with Gasteiger partial charge in [-0.25, -0.2) is 13.2 Å². The van der Waals surface area contributed by atoms with Gasteiger partial charge in [0.15, 0.2) is 20.9 Å². The van der Waals surface area contributed by atoms with Crippen molar-refractivity contribution in [3.8, 4) is 0 Å². The first-order valence-electron chi connectivity index (χ1n) is 7.48. The highest BCUT2D eigenvalue weighted by atomic mass is 32.2. The molecule has 1 aliphatic rings. The molecule has 23 heavy (non-hydrogen) atoms. The van der Waals surface area contributed by atoms with Gasteiger partial charge in [0.1, 0.15) is 0 Å². The van der Waals surface area contributed by atoms with Crippen molar-refractivity contribution in [2.45, 2.75) is 43.7 Å². The Morgan fingerprint density at radius 2 is 1.87 bits per heavy atom. The summed E-state index contributed by atoms with van der Waals surface area (Å²) in [6.07, 6.45) is 0. The lowest BCUT2D eigenvalue weighted by molar-refractivity contribution is -0.135. The number of hydrogen-bond acceptors (Lipinski definition) is 6. The molecule has 7 heteroatoms. The van der Waals surface area contributed by atoms with Crippen molar-refractivity contribution in [3.63, 3.8) is 0 Å². The lowest BCUT2D eigenvalue weighted by Gasteiger charge is -2.28. The first-order valence-corrected chi connectivity index (χ1v) is 9.03. The molecule has 0 aliphatic carbocycles. The van der Waals surface area contributed by atoms with Crippen LogP contribution in [0.2, 0.25) is 0 Å². The zero-order chi connectivity index (χ0) is 17.3. The number of nitrogens with zero attached hydrogens (tertiary/aromatic N) is 1. The molecule has 0 saturated carbocycles. The summed E-state index contributed by atoms with van der Waals surface area (Å²) in [7, 11) is -3.59. The molecule has 0 unspecified atom stereocenters. The molecular formula is C16H22N2O4S. The maximum atomic E-state index is 12.9. The molecule has 1 aromatic rings. The SMILES string of the molecule is CCOC(=O)C1=NN[C@@H](S(=O)(=O)C(C)(C)C)[C@H]1c1ccccc1. The van der Waals surface area contributed by atoms with Crippen LogP contribution in [0.3, 0.4) is 0 Å². The van der Waals surface area contributed by atoms with Crippen LogP contribution in [0, 0.1) is 0 Å². The number of ether oxygens (including phenoxy) is 1. The lowest BCUT2D eigenvalue weighted by Crippen LogP contribution is -2.46. The van der Waals surface area contributed by atoms with E-state index in [1.165, 1.54) is 0 Å². The second-order valence-corrected chi connectivity index (χ2v) is 9.14. The lowest BCUT2D eigenvalue weighted by atomic mass is 9.94. The van der Waals surface area contributed by atoms with Crippen molar-refractivity contribution in [2.24, 2.45) is 5.10 Å². The van der Waals surface area contributed by atoms with Crippen molar-refractivity contribution in [1.29, 1.82) is 0 Å². The van der Waals surface area contributed by atoms with Gasteiger partial charge in [0.25, 0.3) is 0 Å². The number of sulfone groups is 1. The minimum absolute atomic E-state index is 0.0934. The summed E-state index contributed by atoms with van der Waals surface area (Å²) in [5.74, 6) is -1.29. The number of carbonyl (C=O) groups excluding carboxylic acids is 1. The van der Waals surface area contributed by atoms with Crippen LogP contribution >= 0.6 is 0 Å². The average Bonchev–Trinajstić information content (AvgIpc) is 2.92. The minimum Gasteiger partial charge on any atom is -0.461 e. The van der Waals surface area contributed by atoms with E-state index in [0.29, 0.717) is 5.56 Å². The van der Waals surface area contributed by atoms with Gasteiger partial charge < -0.3 is 4.74 Å². The monoisotopic (exact) mass is 338 g/mol. The highest BCUT2D eigenvalue weighted by Crippen LogP contribution is 2.34. The molecule has 0 amide bonds. The third-order valence-corrected chi connectivity index (χ3v) is 6.49. The molecule has 0 spiro atoms. The van der Waals surface area contributed by atoms with Gasteiger partial charge in [-0.2, -0.15) is 5.10 Å². The predicted octanol–water partition coefficient (Wildman–Crippen LogP) is 1.83. The fraction of sp³-hybridized carbons (Fsp3) is 0.500. The fourth-order valence-electron chi connectivity index (χ4n) is 2.42. The fourth-order valence-corrected chi connectivity index (χ4v) is 4.02. The zero-order valence-corrected chi connectivity index (χ0v) is 14.6. The van der Waals surface area contributed by atoms with E-state index in [4.69, 9.17) is 4.74 Å². The molecule has 1 N–H and O–H groups in total. The van der Waals surface area contributed by atoms with Crippen molar-refractivity contribution < 1.29 is 17.9 Å². The molecule has 126 valence electrons. The largest absolute Gasteiger partial charge is 0.461 e. The Morgan fingerprint density at radius 1 is 1.26 bits per heavy atom. The second kappa shape index (κ2) is 6.31. The number of carbonyl (C=O) groups is 1. The Hall–Kier alpha value is -1.89. The van der Waals surface area contributed by atoms with Gasteiger partial charge in [-0.15, -0.1) is 0 Å². The van der Waals surface area contributed by atoms with E-state index in [1.807, 2.05) is 6.07 Å². The van der Waals surface area contributed by atoms with E-state index in [9.17, 15) is 13.2 Å². The molecule has 0 saturated heterocycles. The van der Waals surface area contributed by atoms with Crippen LogP contribution in [0.15, 0.2) is 35.4 Å². The van der Waals surface area contributed by atoms with Gasteiger partial charge >= 0.3 is 5.97 Å². The second-order valence-electron chi connectivity index (χ2n) is 6.31. The molecule has 1 heterocycles. The van der Waals surface area contributed by atoms with E-state index in [0.717, 1.165) is 0 Å². The van der Waals surface area contributed by atoms with Crippen molar-refractivity contribution in [1.82, 2.24) is 5.43 Å². The molecule has 1 aliphatic heterocycles. The summed E-state index contributed by atoms with van der Waals surface area (Å²) in [5, 5.41) is 2.99. The molecule has 2 rings (SSSR count). The number of esters is 1. The molecule has 1 aromatic carbocycles. The molecule has 0 radical (unpaired) electrons. The third-order valence-electron chi connectivity index (χ3n) is 3.74. The smallest absolute Gasteiger partial charge is 0.355 e. The summed E-state index contributed by atoms with van der Waals surface area (Å²) in [6, 6.07) is 9.02. The quantitative estimate of drug-likeness (QED) is 0.847. The van der Waals surface area contributed by atoms with Crippen molar-refractivity contribution in [2.75, 3.05) is 6.61 Å². The van der Waals surface area contributed by atoms with Gasteiger partial charge in [-0.1, -0.05) is 30.3 Å². The normalized spacial score (nSPS) is 21.5. The van der Waals surface area contributed by atoms with E-state index in [2.05, 4.69) is 10.5 Å². The van der Waals surface area contributed by atoms with Gasteiger partial charge in [0.05, 0.1) is 17.3 Å². The van der Waals surface area contributed by atoms with Crippen LogP contribution < -0.4 is 5.43 Å². The highest BCUT2D eigenvalue weighted by Gasteiger charge is 2.48. The first kappa shape index (κ1) is 17.5. The van der Waals surface area contributed by atoms with Gasteiger partial charge in [0, 0.05) is 0 Å². The average molecular weight is 338 g/mol. The Kier molecular flexibility index (Phi) is 4.79. The summed E-state index contributed by atoms with van der Waals surface area (Å²) in [4.78, 5) is 12.2. The number of benzene rings is 1. The molecule has 6 nitrogen and oxygen atoms in total. The maximum Gasteiger partial charge on any atom is 0.355 e. The number of rotatable bonds is 4. The minimum atomic E-state index is -3.59. The maximum absolute atomic E-state index is 12.9. The first-order chi connectivity index (χ1) is 10.7. The third kappa shape index (κ3) is 3.24. The van der Waals surface area contributed by atoms with Crippen LogP contribution in [0.5, 0.6) is 0 Å². The number of hydrazone groups is 1. The van der Waals surface area contributed by atoms with Crippen LogP contribution in [0.25, 0.3) is 0 Å². The number of nitrogens with one attached hydrogen (secondary N) is 1. The van der Waals surface area contributed by atoms with E-state index < -0.39 is 31.8 Å². The molecule has 0 fully saturated rings. The van der Waals surface area contributed by atoms with Crippen molar-refractivity contribution in [3.05, 3.63) is 35.9 Å². The zero-order valence-electron chi connectivity index (χ0n) is 13.7. The summed E-state index contributed by atoms with van der Waals surface area (Å²) >= 11 is 0. The summed E-state index contributed by atoms with van der Waals surface area (Å²) in [5.41, 5.74) is 3.44. The molecular weight excluding hydrogens is 316 g/mol.